The van der Waals surface area contributed by atoms with Crippen LogP contribution in [0.25, 0.3) is 0 Å². The molecule has 1 aromatic rings. The monoisotopic (exact) mass is 276 g/mol. The first-order chi connectivity index (χ1) is 8.90. The summed E-state index contributed by atoms with van der Waals surface area (Å²) in [6, 6.07) is 3.11. The topological polar surface area (TPSA) is 34.0 Å². The van der Waals surface area contributed by atoms with Crippen molar-refractivity contribution in [3.63, 3.8) is 0 Å². The van der Waals surface area contributed by atoms with Crippen molar-refractivity contribution in [3.05, 3.63) is 34.2 Å². The molecule has 0 aromatic carbocycles. The molecule has 0 aliphatic carbocycles. The average molecular weight is 276 g/mol. The summed E-state index contributed by atoms with van der Waals surface area (Å²) in [7, 11) is 0. The van der Waals surface area contributed by atoms with Crippen LogP contribution < -0.4 is 10.9 Å². The minimum Gasteiger partial charge on any atom is -0.312 e. The first kappa shape index (κ1) is 15.8. The van der Waals surface area contributed by atoms with Crippen LogP contribution in [0.3, 0.4) is 0 Å². The molecule has 0 bridgehead atoms. The van der Waals surface area contributed by atoms with Crippen LogP contribution >= 0.6 is 0 Å². The number of hydrogen-bond donors (Lipinski definition) is 1. The number of rotatable bonds is 6. The summed E-state index contributed by atoms with van der Waals surface area (Å²) in [6.07, 6.45) is -2.93. The van der Waals surface area contributed by atoms with Crippen molar-refractivity contribution in [2.24, 2.45) is 0 Å². The van der Waals surface area contributed by atoms with Crippen molar-refractivity contribution in [1.29, 1.82) is 0 Å². The number of halogens is 3. The van der Waals surface area contributed by atoms with Gasteiger partial charge in [0.1, 0.15) is 5.69 Å². The van der Waals surface area contributed by atoms with Crippen LogP contribution in [0.15, 0.2) is 23.0 Å². The van der Waals surface area contributed by atoms with E-state index in [9.17, 15) is 18.0 Å². The average Bonchev–Trinajstić information content (AvgIpc) is 2.31. The first-order valence-electron chi connectivity index (χ1n) is 6.40. The zero-order valence-electron chi connectivity index (χ0n) is 11.1. The van der Waals surface area contributed by atoms with Gasteiger partial charge in [0, 0.05) is 18.7 Å². The molecule has 1 unspecified atom stereocenters. The van der Waals surface area contributed by atoms with Crippen LogP contribution in [0.4, 0.5) is 13.2 Å². The molecule has 19 heavy (non-hydrogen) atoms. The van der Waals surface area contributed by atoms with Gasteiger partial charge in [0.25, 0.3) is 5.56 Å². The van der Waals surface area contributed by atoms with Gasteiger partial charge in [-0.15, -0.1) is 0 Å². The highest BCUT2D eigenvalue weighted by Gasteiger charge is 2.34. The van der Waals surface area contributed by atoms with E-state index in [0.717, 1.165) is 35.6 Å². The molecule has 1 aromatic heterocycles. The lowest BCUT2D eigenvalue weighted by molar-refractivity contribution is -0.144. The molecule has 0 saturated heterocycles. The fourth-order valence-electron chi connectivity index (χ4n) is 2.07. The van der Waals surface area contributed by atoms with Gasteiger partial charge in [-0.3, -0.25) is 4.79 Å². The Morgan fingerprint density at radius 1 is 1.32 bits per heavy atom. The fourth-order valence-corrected chi connectivity index (χ4v) is 2.07. The van der Waals surface area contributed by atoms with Crippen molar-refractivity contribution in [2.75, 3.05) is 6.54 Å². The van der Waals surface area contributed by atoms with E-state index in [0.29, 0.717) is 6.54 Å². The second kappa shape index (κ2) is 6.75. The maximum Gasteiger partial charge on any atom is 0.431 e. The smallest absolute Gasteiger partial charge is 0.312 e. The lowest BCUT2D eigenvalue weighted by atomic mass is 10.1. The number of alkyl halides is 3. The summed E-state index contributed by atoms with van der Waals surface area (Å²) in [5, 5.41) is 3.11. The zero-order valence-corrected chi connectivity index (χ0v) is 11.1. The Morgan fingerprint density at radius 3 is 2.53 bits per heavy atom. The number of nitrogens with zero attached hydrogens (tertiary/aromatic N) is 1. The Labute approximate surface area is 110 Å². The van der Waals surface area contributed by atoms with E-state index in [1.165, 1.54) is 0 Å². The van der Waals surface area contributed by atoms with E-state index in [1.807, 2.05) is 13.8 Å². The number of pyridine rings is 1. The zero-order chi connectivity index (χ0) is 14.5. The molecule has 0 spiro atoms. The fraction of sp³-hybridized carbons (Fsp3) is 0.615. The van der Waals surface area contributed by atoms with Crippen molar-refractivity contribution in [2.45, 2.75) is 45.5 Å². The summed E-state index contributed by atoms with van der Waals surface area (Å²) in [6.45, 7) is 4.55. The predicted octanol–water partition coefficient (Wildman–Crippen LogP) is 2.65. The minimum absolute atomic E-state index is 0.0379. The number of aromatic nitrogens is 1. The summed E-state index contributed by atoms with van der Waals surface area (Å²) < 4.78 is 39.4. The van der Waals surface area contributed by atoms with Crippen LogP contribution in [-0.4, -0.2) is 17.2 Å². The van der Waals surface area contributed by atoms with E-state index < -0.39 is 17.4 Å². The lowest BCUT2D eigenvalue weighted by Crippen LogP contribution is -2.38. The van der Waals surface area contributed by atoms with Gasteiger partial charge in [0.2, 0.25) is 0 Å². The Balaban J connectivity index is 3.08. The van der Waals surface area contributed by atoms with Crippen LogP contribution in [0, 0.1) is 0 Å². The predicted molar refractivity (Wildman–Crippen MR) is 68.1 cm³/mol. The molecule has 0 aliphatic heterocycles. The highest BCUT2D eigenvalue weighted by Crippen LogP contribution is 2.28. The second-order valence-electron chi connectivity index (χ2n) is 4.40. The molecule has 3 nitrogen and oxygen atoms in total. The quantitative estimate of drug-likeness (QED) is 0.866. The number of nitrogens with one attached hydrogen (secondary N) is 1. The van der Waals surface area contributed by atoms with Gasteiger partial charge in [0.05, 0.1) is 0 Å². The third-order valence-electron chi connectivity index (χ3n) is 2.87. The Kier molecular flexibility index (Phi) is 5.60. The van der Waals surface area contributed by atoms with Crippen LogP contribution in [-0.2, 0) is 12.7 Å². The molecule has 1 atom stereocenters. The molecule has 0 radical (unpaired) electrons. The third kappa shape index (κ3) is 4.38. The van der Waals surface area contributed by atoms with Crippen molar-refractivity contribution < 1.29 is 13.2 Å². The van der Waals surface area contributed by atoms with E-state index in [2.05, 4.69) is 5.32 Å². The normalized spacial score (nSPS) is 13.5. The molecular weight excluding hydrogens is 257 g/mol. The molecule has 1 heterocycles. The molecule has 1 rings (SSSR count). The van der Waals surface area contributed by atoms with Crippen LogP contribution in [0.1, 0.15) is 32.4 Å². The highest BCUT2D eigenvalue weighted by atomic mass is 19.4. The molecule has 1 N–H and O–H groups in total. The third-order valence-corrected chi connectivity index (χ3v) is 2.87. The number of likely N-dealkylation sites (N-methyl/N-ethyl adjacent to an activating group) is 1. The van der Waals surface area contributed by atoms with Gasteiger partial charge in [-0.05, 0) is 19.0 Å². The van der Waals surface area contributed by atoms with E-state index in [-0.39, 0.29) is 12.6 Å². The molecular formula is C13H19F3N2O. The van der Waals surface area contributed by atoms with Gasteiger partial charge in [-0.1, -0.05) is 26.3 Å². The Bertz CT molecular complexity index is 448. The van der Waals surface area contributed by atoms with Gasteiger partial charge in [-0.25, -0.2) is 0 Å². The van der Waals surface area contributed by atoms with Gasteiger partial charge >= 0.3 is 6.18 Å². The van der Waals surface area contributed by atoms with E-state index >= 15 is 0 Å². The summed E-state index contributed by atoms with van der Waals surface area (Å²) in [5.41, 5.74) is -1.51. The van der Waals surface area contributed by atoms with Crippen molar-refractivity contribution in [3.8, 4) is 0 Å². The summed E-state index contributed by atoms with van der Waals surface area (Å²) >= 11 is 0. The van der Waals surface area contributed by atoms with E-state index in [4.69, 9.17) is 0 Å². The minimum atomic E-state index is -4.51. The molecule has 0 saturated carbocycles. The maximum absolute atomic E-state index is 12.9. The molecule has 6 heteroatoms. The van der Waals surface area contributed by atoms with Gasteiger partial charge in [0.15, 0.2) is 0 Å². The molecule has 0 amide bonds. The standard InChI is InChI=1S/C13H19F3N2O/c1-3-6-10(17-4-2)9-18-11(13(14,15)16)7-5-8-12(18)19/h5,7-8,10,17H,3-4,6,9H2,1-2H3. The molecule has 0 fully saturated rings. The van der Waals surface area contributed by atoms with Crippen molar-refractivity contribution in [1.82, 2.24) is 9.88 Å². The Hall–Kier alpha value is -1.30. The summed E-state index contributed by atoms with van der Waals surface area (Å²) in [5.74, 6) is 0. The summed E-state index contributed by atoms with van der Waals surface area (Å²) in [4.78, 5) is 11.7. The second-order valence-corrected chi connectivity index (χ2v) is 4.40. The van der Waals surface area contributed by atoms with Crippen LogP contribution in [0.5, 0.6) is 0 Å². The van der Waals surface area contributed by atoms with Crippen molar-refractivity contribution >= 4 is 0 Å². The first-order valence-corrected chi connectivity index (χ1v) is 6.40. The lowest BCUT2D eigenvalue weighted by Gasteiger charge is -2.21. The maximum atomic E-state index is 12.9. The molecule has 108 valence electrons. The van der Waals surface area contributed by atoms with Crippen LogP contribution in [0.2, 0.25) is 0 Å². The van der Waals surface area contributed by atoms with E-state index in [1.54, 1.807) is 0 Å². The number of hydrogen-bond acceptors (Lipinski definition) is 2. The SMILES string of the molecule is CCCC(Cn1c(C(F)(F)F)cccc1=O)NCC. The van der Waals surface area contributed by atoms with Gasteiger partial charge < -0.3 is 9.88 Å². The molecule has 0 aliphatic rings. The van der Waals surface area contributed by atoms with Gasteiger partial charge in [-0.2, -0.15) is 13.2 Å². The highest BCUT2D eigenvalue weighted by molar-refractivity contribution is 5.10. The largest absolute Gasteiger partial charge is 0.431 e. The Morgan fingerprint density at radius 2 is 2.00 bits per heavy atom.